The molecule has 0 spiro atoms. The molecule has 29 heavy (non-hydrogen) atoms. The fourth-order valence-corrected chi connectivity index (χ4v) is 3.94. The van der Waals surface area contributed by atoms with E-state index in [9.17, 15) is 9.59 Å². The molecule has 0 bridgehead atoms. The number of anilines is 1. The number of hydrogen-bond acceptors (Lipinski definition) is 4. The second-order valence-electron chi connectivity index (χ2n) is 7.74. The maximum Gasteiger partial charge on any atom is 0.240 e. The molecule has 0 saturated carbocycles. The summed E-state index contributed by atoms with van der Waals surface area (Å²) in [4.78, 5) is 24.0. The van der Waals surface area contributed by atoms with Crippen molar-refractivity contribution in [2.45, 2.75) is 39.0 Å². The summed E-state index contributed by atoms with van der Waals surface area (Å²) in [5.41, 5.74) is 8.48. The molecule has 1 aliphatic heterocycles. The first-order chi connectivity index (χ1) is 14.1. The van der Waals surface area contributed by atoms with Gasteiger partial charge in [0.05, 0.1) is 5.71 Å². The average molecular weight is 387 g/mol. The molecule has 4 rings (SSSR count). The summed E-state index contributed by atoms with van der Waals surface area (Å²) >= 11 is 0. The highest BCUT2D eigenvalue weighted by molar-refractivity contribution is 6.05. The molecule has 1 heterocycles. The number of carbonyl (C=O) groups excluding carboxylic acids is 2. The molecule has 1 atom stereocenters. The number of benzene rings is 2. The molecule has 1 amide bonds. The maximum absolute atomic E-state index is 12.6. The summed E-state index contributed by atoms with van der Waals surface area (Å²) in [5.74, 6) is 0.290. The number of amides is 1. The first-order valence-electron chi connectivity index (χ1n) is 10.1. The smallest absolute Gasteiger partial charge is 0.240 e. The summed E-state index contributed by atoms with van der Waals surface area (Å²) in [6.07, 6.45) is 3.50. The normalized spacial score (nSPS) is 19.6. The van der Waals surface area contributed by atoms with E-state index in [1.54, 1.807) is 0 Å². The minimum absolute atomic E-state index is 0.0422. The summed E-state index contributed by atoms with van der Waals surface area (Å²) < 4.78 is 0. The van der Waals surface area contributed by atoms with Crippen molar-refractivity contribution in [2.75, 3.05) is 5.32 Å². The van der Waals surface area contributed by atoms with Crippen molar-refractivity contribution >= 4 is 23.1 Å². The Bertz CT molecular complexity index is 975. The van der Waals surface area contributed by atoms with Crippen LogP contribution in [0.2, 0.25) is 0 Å². The van der Waals surface area contributed by atoms with E-state index in [4.69, 9.17) is 0 Å². The highest BCUT2D eigenvalue weighted by atomic mass is 16.2. The second kappa shape index (κ2) is 8.43. The van der Waals surface area contributed by atoms with E-state index in [1.165, 1.54) is 0 Å². The average Bonchev–Trinajstić information content (AvgIpc) is 2.72. The Morgan fingerprint density at radius 1 is 1.03 bits per heavy atom. The van der Waals surface area contributed by atoms with Crippen LogP contribution in [0, 0.1) is 5.92 Å². The van der Waals surface area contributed by atoms with Gasteiger partial charge in [-0.25, -0.2) is 5.43 Å². The van der Waals surface area contributed by atoms with Crippen molar-refractivity contribution in [1.29, 1.82) is 0 Å². The molecule has 0 saturated heterocycles. The Morgan fingerprint density at radius 2 is 1.79 bits per heavy atom. The Hall–Kier alpha value is -3.21. The first kappa shape index (κ1) is 19.1. The number of carbonyl (C=O) groups is 2. The zero-order valence-electron chi connectivity index (χ0n) is 16.6. The van der Waals surface area contributed by atoms with Gasteiger partial charge in [-0.15, -0.1) is 0 Å². The monoisotopic (exact) mass is 387 g/mol. The summed E-state index contributed by atoms with van der Waals surface area (Å²) in [5, 5.41) is 7.70. The molecule has 0 aromatic heterocycles. The van der Waals surface area contributed by atoms with Crippen molar-refractivity contribution < 1.29 is 9.59 Å². The number of nitrogens with zero attached hydrogens (tertiary/aromatic N) is 1. The fraction of sp³-hybridized carbons (Fsp3) is 0.292. The largest absolute Gasteiger partial charge is 0.359 e. The van der Waals surface area contributed by atoms with Gasteiger partial charge in [0.1, 0.15) is 0 Å². The quantitative estimate of drug-likeness (QED) is 0.807. The van der Waals surface area contributed by atoms with E-state index in [2.05, 4.69) is 28.0 Å². The van der Waals surface area contributed by atoms with E-state index in [0.717, 1.165) is 46.6 Å². The van der Waals surface area contributed by atoms with Crippen LogP contribution in [0.1, 0.15) is 43.7 Å². The molecule has 2 aliphatic rings. The van der Waals surface area contributed by atoms with Crippen molar-refractivity contribution in [3.8, 4) is 0 Å². The highest BCUT2D eigenvalue weighted by Crippen LogP contribution is 2.27. The van der Waals surface area contributed by atoms with Crippen LogP contribution in [0.15, 0.2) is 71.0 Å². The van der Waals surface area contributed by atoms with Crippen molar-refractivity contribution in [3.63, 3.8) is 0 Å². The van der Waals surface area contributed by atoms with E-state index in [1.807, 2.05) is 49.4 Å². The van der Waals surface area contributed by atoms with Gasteiger partial charge in [-0.1, -0.05) is 49.4 Å². The van der Waals surface area contributed by atoms with Gasteiger partial charge in [-0.3, -0.25) is 9.59 Å². The lowest BCUT2D eigenvalue weighted by Gasteiger charge is -2.22. The molecule has 148 valence electrons. The van der Waals surface area contributed by atoms with Gasteiger partial charge in [-0.05, 0) is 36.1 Å². The van der Waals surface area contributed by atoms with Gasteiger partial charge in [0.15, 0.2) is 5.78 Å². The van der Waals surface area contributed by atoms with Crippen molar-refractivity contribution in [3.05, 3.63) is 77.0 Å². The number of hydrazone groups is 1. The topological polar surface area (TPSA) is 70.6 Å². The second-order valence-corrected chi connectivity index (χ2v) is 7.74. The predicted molar refractivity (Wildman–Crippen MR) is 115 cm³/mol. The summed E-state index contributed by atoms with van der Waals surface area (Å²) in [6.45, 7) is 2.01. The highest BCUT2D eigenvalue weighted by Gasteiger charge is 2.23. The fourth-order valence-electron chi connectivity index (χ4n) is 3.94. The minimum Gasteiger partial charge on any atom is -0.359 e. The van der Waals surface area contributed by atoms with Gasteiger partial charge in [0.2, 0.25) is 5.91 Å². The zero-order valence-corrected chi connectivity index (χ0v) is 16.6. The van der Waals surface area contributed by atoms with Crippen LogP contribution >= 0.6 is 0 Å². The van der Waals surface area contributed by atoms with E-state index >= 15 is 0 Å². The maximum atomic E-state index is 12.6. The van der Waals surface area contributed by atoms with E-state index in [-0.39, 0.29) is 17.6 Å². The molecular weight excluding hydrogens is 362 g/mol. The number of Topliss-reactive ketones (excluding diaryl/α,β-unsaturated/α-hetero) is 1. The standard InChI is InChI=1S/C24H25N3O2/c1-16-14-23(29)26-27-24(16)18-10-12-19(13-11-18)25-21-8-5-9-22(28)20(21)15-17-6-3-2-4-7-17/h2-4,6-7,10-13,16,25H,5,8-9,14-15H2,1H3,(H,26,29)/t16-/m1/s1. The molecule has 1 aliphatic carbocycles. The molecule has 2 N–H and O–H groups in total. The summed E-state index contributed by atoms with van der Waals surface area (Å²) in [7, 11) is 0. The van der Waals surface area contributed by atoms with Gasteiger partial charge in [0, 0.05) is 42.1 Å². The molecule has 5 nitrogen and oxygen atoms in total. The zero-order chi connectivity index (χ0) is 20.2. The van der Waals surface area contributed by atoms with Gasteiger partial charge >= 0.3 is 0 Å². The van der Waals surface area contributed by atoms with Crippen LogP contribution in [-0.4, -0.2) is 17.4 Å². The van der Waals surface area contributed by atoms with Gasteiger partial charge < -0.3 is 5.32 Å². The number of rotatable bonds is 5. The van der Waals surface area contributed by atoms with Crippen LogP contribution in [-0.2, 0) is 16.0 Å². The number of hydrogen-bond donors (Lipinski definition) is 2. The van der Waals surface area contributed by atoms with E-state index < -0.39 is 0 Å². The number of ketones is 1. The molecule has 0 radical (unpaired) electrons. The molecule has 0 fully saturated rings. The van der Waals surface area contributed by atoms with Crippen molar-refractivity contribution in [1.82, 2.24) is 5.43 Å². The predicted octanol–water partition coefficient (Wildman–Crippen LogP) is 4.21. The van der Waals surface area contributed by atoms with E-state index in [0.29, 0.717) is 19.3 Å². The third-order valence-corrected chi connectivity index (χ3v) is 5.49. The number of nitrogens with one attached hydrogen (secondary N) is 2. The molecule has 2 aromatic rings. The third-order valence-electron chi connectivity index (χ3n) is 5.49. The van der Waals surface area contributed by atoms with Crippen LogP contribution in [0.5, 0.6) is 0 Å². The van der Waals surface area contributed by atoms with Crippen LogP contribution in [0.3, 0.4) is 0 Å². The Kier molecular flexibility index (Phi) is 5.56. The van der Waals surface area contributed by atoms with Crippen LogP contribution in [0.25, 0.3) is 0 Å². The lowest BCUT2D eigenvalue weighted by molar-refractivity contribution is -0.122. The Balaban J connectivity index is 1.54. The minimum atomic E-state index is -0.0422. The first-order valence-corrected chi connectivity index (χ1v) is 10.1. The lowest BCUT2D eigenvalue weighted by Crippen LogP contribution is -2.31. The third kappa shape index (κ3) is 4.45. The van der Waals surface area contributed by atoms with Crippen LogP contribution < -0.4 is 10.7 Å². The SMILES string of the molecule is C[C@@H]1CC(=O)NN=C1c1ccc(NC2=C(Cc3ccccc3)C(=O)CCC2)cc1. The molecule has 0 unspecified atom stereocenters. The Labute approximate surface area is 170 Å². The molecule has 5 heteroatoms. The molecule has 2 aromatic carbocycles. The molecular formula is C24H25N3O2. The van der Waals surface area contributed by atoms with Crippen molar-refractivity contribution in [2.24, 2.45) is 11.0 Å². The Morgan fingerprint density at radius 3 is 2.52 bits per heavy atom. The summed E-state index contributed by atoms with van der Waals surface area (Å²) in [6, 6.07) is 18.2. The van der Waals surface area contributed by atoms with Gasteiger partial charge in [0.25, 0.3) is 0 Å². The van der Waals surface area contributed by atoms with Gasteiger partial charge in [-0.2, -0.15) is 5.10 Å². The van der Waals surface area contributed by atoms with Crippen LogP contribution in [0.4, 0.5) is 5.69 Å². The lowest BCUT2D eigenvalue weighted by atomic mass is 9.90. The number of allylic oxidation sites excluding steroid dienone is 2.